The first-order valence-electron chi connectivity index (χ1n) is 11.6. The fourth-order valence-corrected chi connectivity index (χ4v) is 4.62. The Balaban J connectivity index is 1.88. The van der Waals surface area contributed by atoms with Gasteiger partial charge in [0, 0.05) is 29.1 Å². The van der Waals surface area contributed by atoms with Crippen LogP contribution in [0.3, 0.4) is 0 Å². The van der Waals surface area contributed by atoms with Gasteiger partial charge in [-0.1, -0.05) is 63.6 Å². The highest BCUT2D eigenvalue weighted by atomic mass is 35.5. The Bertz CT molecular complexity index is 1080. The molecule has 0 unspecified atom stereocenters. The van der Waals surface area contributed by atoms with Gasteiger partial charge in [-0.3, -0.25) is 0 Å². The molecule has 2 heterocycles. The minimum atomic E-state index is 0.408. The molecule has 0 spiro atoms. The van der Waals surface area contributed by atoms with Crippen molar-refractivity contribution in [3.05, 3.63) is 70.5 Å². The standard InChI is InChI=1S/C27H33ClN4S/c1-6-9-23-25-20(14-15-29-23)17-24(28)32-26(25)30-21-12-10-19(11-13-21)22(8-3)31-27(18(4)5)33-16-7-2/h8-15,17-18,29H,6-7,16H2,1-5H3,(H,30,32)/b22-8-,23-9-,31-27?. The highest BCUT2D eigenvalue weighted by molar-refractivity contribution is 8.14. The number of fused-ring (bicyclic) bond motifs is 1. The maximum absolute atomic E-state index is 6.32. The van der Waals surface area contributed by atoms with Gasteiger partial charge >= 0.3 is 0 Å². The number of thioether (sulfide) groups is 1. The summed E-state index contributed by atoms with van der Waals surface area (Å²) in [5.41, 5.74) is 6.15. The van der Waals surface area contributed by atoms with Gasteiger partial charge < -0.3 is 10.6 Å². The van der Waals surface area contributed by atoms with Crippen LogP contribution in [0.4, 0.5) is 11.5 Å². The Morgan fingerprint density at radius 1 is 1.24 bits per heavy atom. The summed E-state index contributed by atoms with van der Waals surface area (Å²) >= 11 is 8.17. The highest BCUT2D eigenvalue weighted by Crippen LogP contribution is 2.33. The van der Waals surface area contributed by atoms with Crippen LogP contribution in [0.5, 0.6) is 0 Å². The van der Waals surface area contributed by atoms with Crippen LogP contribution in [-0.2, 0) is 0 Å². The third-order valence-corrected chi connectivity index (χ3v) is 6.76. The molecule has 0 amide bonds. The molecular formula is C27H33ClN4S. The van der Waals surface area contributed by atoms with E-state index >= 15 is 0 Å². The van der Waals surface area contributed by atoms with Gasteiger partial charge in [0.05, 0.1) is 10.7 Å². The van der Waals surface area contributed by atoms with Gasteiger partial charge in [0.15, 0.2) is 0 Å². The number of anilines is 2. The van der Waals surface area contributed by atoms with Crippen LogP contribution in [0.15, 0.2) is 53.7 Å². The Morgan fingerprint density at radius 3 is 2.64 bits per heavy atom. The number of hydrogen-bond acceptors (Lipinski definition) is 5. The lowest BCUT2D eigenvalue weighted by atomic mass is 10.0. The lowest BCUT2D eigenvalue weighted by Crippen LogP contribution is -2.13. The first-order chi connectivity index (χ1) is 16.0. The van der Waals surface area contributed by atoms with E-state index in [9.17, 15) is 0 Å². The summed E-state index contributed by atoms with van der Waals surface area (Å²) in [6, 6.07) is 10.2. The predicted molar refractivity (Wildman–Crippen MR) is 148 cm³/mol. The van der Waals surface area contributed by atoms with E-state index in [1.54, 1.807) is 0 Å². The molecule has 1 aliphatic heterocycles. The number of halogens is 1. The van der Waals surface area contributed by atoms with E-state index in [0.717, 1.165) is 58.2 Å². The van der Waals surface area contributed by atoms with Crippen LogP contribution in [0.1, 0.15) is 64.2 Å². The molecule has 1 aliphatic rings. The van der Waals surface area contributed by atoms with Crippen LogP contribution in [0.2, 0.25) is 5.15 Å². The van der Waals surface area contributed by atoms with Gasteiger partial charge in [-0.15, -0.1) is 11.8 Å². The van der Waals surface area contributed by atoms with Crippen LogP contribution in [-0.4, -0.2) is 15.8 Å². The molecule has 0 saturated heterocycles. The minimum Gasteiger partial charge on any atom is -0.361 e. The summed E-state index contributed by atoms with van der Waals surface area (Å²) in [5.74, 6) is 2.24. The SMILES string of the molecule is C/C=C(\N=C(SCCC)C(C)C)c1ccc(Nc2nc(Cl)cc3c2/C(=C/CC)NC=C3)cc1. The monoisotopic (exact) mass is 480 g/mol. The normalized spacial score (nSPS) is 15.1. The van der Waals surface area contributed by atoms with Crippen molar-refractivity contribution in [1.29, 1.82) is 0 Å². The Kier molecular flexibility index (Phi) is 9.21. The quantitative estimate of drug-likeness (QED) is 0.226. The van der Waals surface area contributed by atoms with Crippen LogP contribution in [0.25, 0.3) is 17.5 Å². The zero-order valence-corrected chi connectivity index (χ0v) is 21.6. The molecule has 0 bridgehead atoms. The summed E-state index contributed by atoms with van der Waals surface area (Å²) in [6.07, 6.45) is 10.3. The van der Waals surface area contributed by atoms with Crippen LogP contribution >= 0.6 is 23.4 Å². The van der Waals surface area contributed by atoms with E-state index < -0.39 is 0 Å². The van der Waals surface area contributed by atoms with Crippen molar-refractivity contribution >= 4 is 57.4 Å². The number of aliphatic imine (C=N–C) groups is 1. The smallest absolute Gasteiger partial charge is 0.142 e. The molecule has 33 heavy (non-hydrogen) atoms. The summed E-state index contributed by atoms with van der Waals surface area (Å²) in [4.78, 5) is 9.56. The van der Waals surface area contributed by atoms with Gasteiger partial charge in [0.2, 0.25) is 0 Å². The molecule has 0 aliphatic carbocycles. The lowest BCUT2D eigenvalue weighted by molar-refractivity contribution is 0.900. The second-order valence-electron chi connectivity index (χ2n) is 8.09. The van der Waals surface area contributed by atoms with Crippen LogP contribution in [0, 0.1) is 5.92 Å². The number of rotatable bonds is 8. The average Bonchev–Trinajstić information content (AvgIpc) is 2.80. The number of aromatic nitrogens is 1. The molecule has 0 radical (unpaired) electrons. The fourth-order valence-electron chi connectivity index (χ4n) is 3.51. The van der Waals surface area contributed by atoms with Gasteiger partial charge in [-0.05, 0) is 60.9 Å². The van der Waals surface area contributed by atoms with Gasteiger partial charge in [0.25, 0.3) is 0 Å². The third-order valence-electron chi connectivity index (χ3n) is 5.09. The second kappa shape index (κ2) is 12.1. The fraction of sp³-hybridized carbons (Fsp3) is 0.333. The number of allylic oxidation sites excluding steroid dienone is 2. The minimum absolute atomic E-state index is 0.408. The molecule has 6 heteroatoms. The summed E-state index contributed by atoms with van der Waals surface area (Å²) in [5, 5.41) is 8.43. The summed E-state index contributed by atoms with van der Waals surface area (Å²) < 4.78 is 0. The van der Waals surface area contributed by atoms with Gasteiger partial charge in [-0.2, -0.15) is 0 Å². The zero-order chi connectivity index (χ0) is 23.8. The van der Waals surface area contributed by atoms with E-state index in [1.807, 2.05) is 37.0 Å². The molecule has 0 fully saturated rings. The molecule has 174 valence electrons. The molecule has 0 atom stereocenters. The summed E-state index contributed by atoms with van der Waals surface area (Å²) in [6.45, 7) is 10.8. The van der Waals surface area contributed by atoms with E-state index in [4.69, 9.17) is 16.6 Å². The molecule has 0 saturated carbocycles. The number of nitrogens with one attached hydrogen (secondary N) is 2. The van der Waals surface area contributed by atoms with Crippen molar-refractivity contribution in [3.63, 3.8) is 0 Å². The number of benzene rings is 1. The van der Waals surface area contributed by atoms with E-state index in [0.29, 0.717) is 11.1 Å². The van der Waals surface area contributed by atoms with Crippen molar-refractivity contribution in [2.75, 3.05) is 11.1 Å². The van der Waals surface area contributed by atoms with Crippen molar-refractivity contribution in [3.8, 4) is 0 Å². The van der Waals surface area contributed by atoms with Crippen molar-refractivity contribution in [1.82, 2.24) is 10.3 Å². The molecule has 1 aromatic carbocycles. The van der Waals surface area contributed by atoms with E-state index in [-0.39, 0.29) is 0 Å². The zero-order valence-electron chi connectivity index (χ0n) is 20.1. The second-order valence-corrected chi connectivity index (χ2v) is 9.59. The molecule has 1 aromatic heterocycles. The van der Waals surface area contributed by atoms with Gasteiger partial charge in [-0.25, -0.2) is 9.98 Å². The topological polar surface area (TPSA) is 49.3 Å². The molecule has 2 aromatic rings. The van der Waals surface area contributed by atoms with Crippen LogP contribution < -0.4 is 10.6 Å². The number of hydrogen-bond donors (Lipinski definition) is 2. The predicted octanol–water partition coefficient (Wildman–Crippen LogP) is 8.36. The molecular weight excluding hydrogens is 448 g/mol. The Hall–Kier alpha value is -2.50. The molecule has 3 rings (SSSR count). The van der Waals surface area contributed by atoms with Crippen molar-refractivity contribution < 1.29 is 0 Å². The molecule has 2 N–H and O–H groups in total. The average molecular weight is 481 g/mol. The van der Waals surface area contributed by atoms with E-state index in [1.165, 1.54) is 5.04 Å². The molecule has 4 nitrogen and oxygen atoms in total. The Morgan fingerprint density at radius 2 is 2.00 bits per heavy atom. The maximum atomic E-state index is 6.32. The maximum Gasteiger partial charge on any atom is 0.142 e. The Labute approximate surface area is 207 Å². The first kappa shape index (κ1) is 25.1. The lowest BCUT2D eigenvalue weighted by Gasteiger charge is -2.20. The van der Waals surface area contributed by atoms with Gasteiger partial charge in [0.1, 0.15) is 11.0 Å². The highest BCUT2D eigenvalue weighted by Gasteiger charge is 2.17. The first-order valence-corrected chi connectivity index (χ1v) is 12.9. The summed E-state index contributed by atoms with van der Waals surface area (Å²) in [7, 11) is 0. The largest absolute Gasteiger partial charge is 0.361 e. The third kappa shape index (κ3) is 6.52. The van der Waals surface area contributed by atoms with E-state index in [2.05, 4.69) is 79.7 Å². The van der Waals surface area contributed by atoms with Crippen molar-refractivity contribution in [2.45, 2.75) is 47.5 Å². The van der Waals surface area contributed by atoms with Crippen molar-refractivity contribution in [2.24, 2.45) is 10.9 Å². The number of nitrogens with zero attached hydrogens (tertiary/aromatic N) is 2. The number of pyridine rings is 1.